The average Bonchev–Trinajstić information content (AvgIpc) is 2.74. The van der Waals surface area contributed by atoms with Crippen molar-refractivity contribution in [3.05, 3.63) is 76.7 Å². The molecule has 146 valence electrons. The Morgan fingerprint density at radius 1 is 0.857 bits per heavy atom. The first-order valence-electron chi connectivity index (χ1n) is 8.62. The highest BCUT2D eigenvalue weighted by Crippen LogP contribution is 2.07. The minimum absolute atomic E-state index is 0.0107. The number of esters is 1. The maximum atomic E-state index is 12.3. The van der Waals surface area contributed by atoms with Crippen molar-refractivity contribution in [1.29, 1.82) is 0 Å². The van der Waals surface area contributed by atoms with Crippen LogP contribution >= 0.6 is 0 Å². The summed E-state index contributed by atoms with van der Waals surface area (Å²) in [4.78, 5) is 45.7. The van der Waals surface area contributed by atoms with Crippen molar-refractivity contribution in [3.8, 4) is 0 Å². The third kappa shape index (κ3) is 7.36. The van der Waals surface area contributed by atoms with E-state index in [2.05, 4.69) is 10.5 Å². The SMILES string of the molecule is O=NC(=O)CCC(NC(=O)OCc1ccccc1)C(=O)OCc1ccccc1. The molecule has 1 unspecified atom stereocenters. The number of hydrogen-bond donors (Lipinski definition) is 1. The summed E-state index contributed by atoms with van der Waals surface area (Å²) in [6, 6.07) is 16.9. The smallest absolute Gasteiger partial charge is 0.408 e. The number of amides is 2. The molecule has 28 heavy (non-hydrogen) atoms. The first kappa shape index (κ1) is 20.8. The zero-order chi connectivity index (χ0) is 20.2. The molecule has 0 aromatic heterocycles. The van der Waals surface area contributed by atoms with Gasteiger partial charge in [0.25, 0.3) is 5.91 Å². The highest BCUT2D eigenvalue weighted by molar-refractivity contribution is 5.83. The molecule has 0 fully saturated rings. The van der Waals surface area contributed by atoms with Crippen molar-refractivity contribution >= 4 is 18.0 Å². The van der Waals surface area contributed by atoms with E-state index in [0.29, 0.717) is 0 Å². The Bertz CT molecular complexity index is 795. The van der Waals surface area contributed by atoms with Gasteiger partial charge in [0.05, 0.1) is 0 Å². The van der Waals surface area contributed by atoms with Crippen molar-refractivity contribution in [1.82, 2.24) is 5.32 Å². The predicted octanol–water partition coefficient (Wildman–Crippen LogP) is 3.10. The lowest BCUT2D eigenvalue weighted by molar-refractivity contribution is -0.147. The summed E-state index contributed by atoms with van der Waals surface area (Å²) in [6.45, 7) is 0.0318. The monoisotopic (exact) mass is 384 g/mol. The number of carbonyl (C=O) groups is 3. The lowest BCUT2D eigenvalue weighted by Gasteiger charge is -2.17. The lowest BCUT2D eigenvalue weighted by Crippen LogP contribution is -2.42. The van der Waals surface area contributed by atoms with E-state index in [1.54, 1.807) is 48.5 Å². The van der Waals surface area contributed by atoms with Gasteiger partial charge in [-0.05, 0) is 17.5 Å². The lowest BCUT2D eigenvalue weighted by atomic mass is 10.1. The van der Waals surface area contributed by atoms with Gasteiger partial charge < -0.3 is 14.8 Å². The minimum atomic E-state index is -1.14. The molecule has 8 nitrogen and oxygen atoms in total. The molecule has 2 amide bonds. The number of carbonyl (C=O) groups excluding carboxylic acids is 3. The van der Waals surface area contributed by atoms with Crippen LogP contribution < -0.4 is 5.32 Å². The molecule has 1 atom stereocenters. The van der Waals surface area contributed by atoms with Gasteiger partial charge >= 0.3 is 12.1 Å². The number of rotatable bonds is 9. The van der Waals surface area contributed by atoms with Crippen LogP contribution in [0, 0.1) is 4.91 Å². The van der Waals surface area contributed by atoms with E-state index < -0.39 is 24.0 Å². The van der Waals surface area contributed by atoms with Gasteiger partial charge in [0, 0.05) is 11.6 Å². The molecule has 2 aromatic carbocycles. The van der Waals surface area contributed by atoms with Crippen LogP contribution in [0.3, 0.4) is 0 Å². The van der Waals surface area contributed by atoms with Gasteiger partial charge in [-0.1, -0.05) is 60.7 Å². The maximum absolute atomic E-state index is 12.3. The summed E-state index contributed by atoms with van der Waals surface area (Å²) < 4.78 is 10.3. The summed E-state index contributed by atoms with van der Waals surface area (Å²) in [5.41, 5.74) is 1.55. The average molecular weight is 384 g/mol. The maximum Gasteiger partial charge on any atom is 0.408 e. The Morgan fingerprint density at radius 3 is 1.93 bits per heavy atom. The molecular formula is C20H20N2O6. The van der Waals surface area contributed by atoms with Gasteiger partial charge in [-0.2, -0.15) is 0 Å². The Balaban J connectivity index is 1.90. The van der Waals surface area contributed by atoms with Crippen LogP contribution in [-0.2, 0) is 32.3 Å². The molecule has 1 N–H and O–H groups in total. The predicted molar refractivity (Wildman–Crippen MR) is 99.8 cm³/mol. The summed E-state index contributed by atoms with van der Waals surface area (Å²) in [5, 5.41) is 4.65. The minimum Gasteiger partial charge on any atom is -0.459 e. The summed E-state index contributed by atoms with van der Waals surface area (Å²) in [6.07, 6.45) is -1.26. The van der Waals surface area contributed by atoms with E-state index in [1.165, 1.54) is 0 Å². The fourth-order valence-electron chi connectivity index (χ4n) is 2.30. The van der Waals surface area contributed by atoms with Crippen LogP contribution in [-0.4, -0.2) is 24.0 Å². The van der Waals surface area contributed by atoms with E-state index in [1.807, 2.05) is 12.1 Å². The second-order valence-corrected chi connectivity index (χ2v) is 5.88. The number of ether oxygens (including phenoxy) is 2. The molecule has 0 saturated heterocycles. The van der Waals surface area contributed by atoms with Crippen molar-refractivity contribution in [3.63, 3.8) is 0 Å². The van der Waals surface area contributed by atoms with Crippen LogP contribution in [0.4, 0.5) is 4.79 Å². The second-order valence-electron chi connectivity index (χ2n) is 5.88. The van der Waals surface area contributed by atoms with E-state index in [4.69, 9.17) is 9.47 Å². The number of hydrogen-bond acceptors (Lipinski definition) is 6. The molecule has 0 saturated carbocycles. The number of nitrogens with zero attached hydrogens (tertiary/aromatic N) is 1. The molecule has 0 bridgehead atoms. The molecule has 8 heteroatoms. The Kier molecular flexibility index (Phi) is 8.32. The fraction of sp³-hybridized carbons (Fsp3) is 0.250. The largest absolute Gasteiger partial charge is 0.459 e. The molecular weight excluding hydrogens is 364 g/mol. The van der Waals surface area contributed by atoms with Crippen molar-refractivity contribution < 1.29 is 23.9 Å². The summed E-state index contributed by atoms with van der Waals surface area (Å²) >= 11 is 0. The van der Waals surface area contributed by atoms with Crippen molar-refractivity contribution in [2.75, 3.05) is 0 Å². The molecule has 0 spiro atoms. The van der Waals surface area contributed by atoms with E-state index in [9.17, 15) is 19.3 Å². The second kappa shape index (κ2) is 11.2. The standard InChI is InChI=1S/C20H20N2O6/c23-18(22-26)12-11-17(19(24)27-13-15-7-3-1-4-8-15)21-20(25)28-14-16-9-5-2-6-10-16/h1-10,17H,11-14H2,(H,21,25). The van der Waals surface area contributed by atoms with Gasteiger partial charge in [-0.25, -0.2) is 9.59 Å². The summed E-state index contributed by atoms with van der Waals surface area (Å²) in [7, 11) is 0. The highest BCUT2D eigenvalue weighted by Gasteiger charge is 2.24. The van der Waals surface area contributed by atoms with Crippen LogP contribution in [0.15, 0.2) is 65.8 Å². The molecule has 2 rings (SSSR count). The van der Waals surface area contributed by atoms with Crippen LogP contribution in [0.1, 0.15) is 24.0 Å². The normalized spacial score (nSPS) is 11.1. The molecule has 0 aliphatic carbocycles. The molecule has 0 radical (unpaired) electrons. The Morgan fingerprint density at radius 2 is 1.39 bits per heavy atom. The molecule has 0 aliphatic rings. The van der Waals surface area contributed by atoms with E-state index in [-0.39, 0.29) is 26.1 Å². The van der Waals surface area contributed by atoms with Gasteiger partial charge in [-0.15, -0.1) is 4.91 Å². The van der Waals surface area contributed by atoms with Gasteiger partial charge in [0.1, 0.15) is 19.3 Å². The van der Waals surface area contributed by atoms with Gasteiger partial charge in [-0.3, -0.25) is 4.79 Å². The summed E-state index contributed by atoms with van der Waals surface area (Å²) in [5.74, 6) is -1.65. The van der Waals surface area contributed by atoms with Crippen LogP contribution in [0.5, 0.6) is 0 Å². The van der Waals surface area contributed by atoms with Gasteiger partial charge in [0.15, 0.2) is 0 Å². The topological polar surface area (TPSA) is 111 Å². The third-order valence-corrected chi connectivity index (χ3v) is 3.76. The van der Waals surface area contributed by atoms with E-state index in [0.717, 1.165) is 11.1 Å². The Labute approximate surface area is 161 Å². The van der Waals surface area contributed by atoms with Crippen LogP contribution in [0.2, 0.25) is 0 Å². The number of benzene rings is 2. The zero-order valence-corrected chi connectivity index (χ0v) is 15.1. The zero-order valence-electron chi connectivity index (χ0n) is 15.1. The number of nitrogens with one attached hydrogen (secondary N) is 1. The molecule has 2 aromatic rings. The number of alkyl carbamates (subject to hydrolysis) is 1. The van der Waals surface area contributed by atoms with Crippen LogP contribution in [0.25, 0.3) is 0 Å². The molecule has 0 heterocycles. The van der Waals surface area contributed by atoms with E-state index >= 15 is 0 Å². The van der Waals surface area contributed by atoms with Gasteiger partial charge in [0.2, 0.25) is 0 Å². The third-order valence-electron chi connectivity index (χ3n) is 3.76. The highest BCUT2D eigenvalue weighted by atomic mass is 16.6. The Hall–Kier alpha value is -3.55. The first-order chi connectivity index (χ1) is 13.6. The van der Waals surface area contributed by atoms with Crippen molar-refractivity contribution in [2.45, 2.75) is 32.1 Å². The number of nitroso groups, excluding NO2 is 1. The van der Waals surface area contributed by atoms with Crippen molar-refractivity contribution in [2.24, 2.45) is 5.18 Å². The molecule has 0 aliphatic heterocycles. The quantitative estimate of drug-likeness (QED) is 0.525. The first-order valence-corrected chi connectivity index (χ1v) is 8.62. The fourth-order valence-corrected chi connectivity index (χ4v) is 2.30.